The van der Waals surface area contributed by atoms with Crippen LogP contribution in [0.2, 0.25) is 5.02 Å². The predicted molar refractivity (Wildman–Crippen MR) is 119 cm³/mol. The summed E-state index contributed by atoms with van der Waals surface area (Å²) < 4.78 is 0. The smallest absolute Gasteiger partial charge is 0.0791 e. The molecule has 2 nitrogen and oxygen atoms in total. The Kier molecular flexibility index (Phi) is 6.06. The van der Waals surface area contributed by atoms with Crippen LogP contribution in [0.25, 0.3) is 22.0 Å². The van der Waals surface area contributed by atoms with Gasteiger partial charge in [-0.3, -0.25) is 4.98 Å². The molecule has 3 heteroatoms. The van der Waals surface area contributed by atoms with Gasteiger partial charge >= 0.3 is 0 Å². The van der Waals surface area contributed by atoms with Crippen LogP contribution in [-0.2, 0) is 0 Å². The molecule has 0 N–H and O–H groups in total. The van der Waals surface area contributed by atoms with E-state index in [1.165, 1.54) is 22.0 Å². The highest BCUT2D eigenvalue weighted by molar-refractivity contribution is 6.31. The summed E-state index contributed by atoms with van der Waals surface area (Å²) in [5.41, 5.74) is 6.86. The molecule has 3 aromatic rings. The van der Waals surface area contributed by atoms with Gasteiger partial charge in [0.1, 0.15) is 0 Å². The van der Waals surface area contributed by atoms with Gasteiger partial charge in [-0.15, -0.1) is 0 Å². The number of aryl methyl sites for hydroxylation is 2. The lowest BCUT2D eigenvalue weighted by Crippen LogP contribution is -2.26. The van der Waals surface area contributed by atoms with E-state index >= 15 is 0 Å². The monoisotopic (exact) mass is 380 g/mol. The third kappa shape index (κ3) is 3.68. The molecule has 2 aromatic carbocycles. The van der Waals surface area contributed by atoms with Crippen molar-refractivity contribution in [3.63, 3.8) is 0 Å². The van der Waals surface area contributed by atoms with Crippen LogP contribution >= 0.6 is 11.6 Å². The Bertz CT molecular complexity index is 956. The summed E-state index contributed by atoms with van der Waals surface area (Å²) in [6.07, 6.45) is 2.25. The normalized spacial score (nSPS) is 11.2. The maximum Gasteiger partial charge on any atom is 0.0791 e. The highest BCUT2D eigenvalue weighted by atomic mass is 35.5. The summed E-state index contributed by atoms with van der Waals surface area (Å²) in [4.78, 5) is 7.61. The molecule has 142 valence electrons. The fraction of sp³-hybridized carbons (Fsp3) is 0.375. The summed E-state index contributed by atoms with van der Waals surface area (Å²) in [5.74, 6) is 0. The van der Waals surface area contributed by atoms with Crippen LogP contribution in [0.1, 0.15) is 43.5 Å². The topological polar surface area (TPSA) is 16.1 Å². The summed E-state index contributed by atoms with van der Waals surface area (Å²) in [6.45, 7) is 12.9. The van der Waals surface area contributed by atoms with Crippen LogP contribution in [0, 0.1) is 20.8 Å². The number of anilines is 1. The highest BCUT2D eigenvalue weighted by Crippen LogP contribution is 2.39. The molecular formula is C24H29ClN2. The fourth-order valence-corrected chi connectivity index (χ4v) is 4.18. The Morgan fingerprint density at radius 1 is 0.889 bits per heavy atom. The van der Waals surface area contributed by atoms with Crippen LogP contribution in [-0.4, -0.2) is 18.1 Å². The lowest BCUT2D eigenvalue weighted by Gasteiger charge is -2.28. The summed E-state index contributed by atoms with van der Waals surface area (Å²) in [7, 11) is 0. The fourth-order valence-electron chi connectivity index (χ4n) is 4.02. The molecule has 0 aliphatic heterocycles. The van der Waals surface area contributed by atoms with Crippen LogP contribution in [0.4, 0.5) is 5.69 Å². The van der Waals surface area contributed by atoms with Gasteiger partial charge in [0.05, 0.1) is 17.1 Å². The van der Waals surface area contributed by atoms with Gasteiger partial charge in [0.2, 0.25) is 0 Å². The summed E-state index contributed by atoms with van der Waals surface area (Å²) in [5, 5.41) is 3.27. The van der Waals surface area contributed by atoms with Crippen molar-refractivity contribution in [2.75, 3.05) is 18.0 Å². The molecule has 27 heavy (non-hydrogen) atoms. The Morgan fingerprint density at radius 3 is 2.15 bits per heavy atom. The van der Waals surface area contributed by atoms with Crippen LogP contribution < -0.4 is 4.90 Å². The molecule has 1 aromatic heterocycles. The lowest BCUT2D eigenvalue weighted by molar-refractivity contribution is 0.743. The molecule has 0 spiro atoms. The molecule has 0 aliphatic carbocycles. The standard InChI is InChI=1S/C24H29ClN2/c1-6-14-27(15-7-2)24-18(5)26-23(19-10-8-9-11-20(19)24)22-16(3)12-13-21(25)17(22)4/h8-13H,6-7,14-15H2,1-5H3. The zero-order valence-electron chi connectivity index (χ0n) is 17.1. The number of hydrogen-bond donors (Lipinski definition) is 0. The minimum atomic E-state index is 0.793. The molecule has 0 bridgehead atoms. The van der Waals surface area contributed by atoms with E-state index in [2.05, 4.69) is 69.9 Å². The SMILES string of the molecule is CCCN(CCC)c1c(C)nc(-c2c(C)ccc(Cl)c2C)c2ccccc12. The molecule has 0 amide bonds. The van der Waals surface area contributed by atoms with Crippen LogP contribution in [0.3, 0.4) is 0 Å². The maximum absolute atomic E-state index is 6.45. The average molecular weight is 381 g/mol. The molecule has 0 saturated heterocycles. The lowest BCUT2D eigenvalue weighted by atomic mass is 9.94. The van der Waals surface area contributed by atoms with Crippen molar-refractivity contribution < 1.29 is 0 Å². The van der Waals surface area contributed by atoms with E-state index in [9.17, 15) is 0 Å². The Balaban J connectivity index is 2.34. The number of aromatic nitrogens is 1. The summed E-state index contributed by atoms with van der Waals surface area (Å²) >= 11 is 6.45. The molecular weight excluding hydrogens is 352 g/mol. The Labute approximate surface area is 168 Å². The van der Waals surface area contributed by atoms with E-state index in [4.69, 9.17) is 16.6 Å². The first-order valence-corrected chi connectivity index (χ1v) is 10.3. The van der Waals surface area contributed by atoms with E-state index in [1.54, 1.807) is 0 Å². The van der Waals surface area contributed by atoms with Crippen molar-refractivity contribution in [2.24, 2.45) is 0 Å². The first kappa shape index (κ1) is 19.7. The molecule has 0 aliphatic rings. The van der Waals surface area contributed by atoms with E-state index in [0.717, 1.165) is 53.5 Å². The molecule has 1 heterocycles. The minimum Gasteiger partial charge on any atom is -0.370 e. The van der Waals surface area contributed by atoms with Crippen molar-refractivity contribution in [2.45, 2.75) is 47.5 Å². The van der Waals surface area contributed by atoms with Gasteiger partial charge in [-0.1, -0.05) is 55.8 Å². The van der Waals surface area contributed by atoms with Crippen molar-refractivity contribution in [1.82, 2.24) is 4.98 Å². The van der Waals surface area contributed by atoms with E-state index in [0.29, 0.717) is 0 Å². The van der Waals surface area contributed by atoms with Crippen LogP contribution in [0.15, 0.2) is 36.4 Å². The Hall–Kier alpha value is -2.06. The zero-order valence-corrected chi connectivity index (χ0v) is 17.8. The molecule has 0 fully saturated rings. The molecule has 0 unspecified atom stereocenters. The van der Waals surface area contributed by atoms with Gasteiger partial charge in [-0.2, -0.15) is 0 Å². The molecule has 0 radical (unpaired) electrons. The van der Waals surface area contributed by atoms with E-state index in [1.807, 2.05) is 6.07 Å². The zero-order chi connectivity index (χ0) is 19.6. The second-order valence-electron chi connectivity index (χ2n) is 7.29. The number of pyridine rings is 1. The first-order valence-electron chi connectivity index (χ1n) is 9.89. The van der Waals surface area contributed by atoms with Crippen molar-refractivity contribution in [1.29, 1.82) is 0 Å². The molecule has 0 saturated carbocycles. The largest absolute Gasteiger partial charge is 0.370 e. The average Bonchev–Trinajstić information content (AvgIpc) is 2.65. The number of rotatable bonds is 6. The van der Waals surface area contributed by atoms with Crippen molar-refractivity contribution >= 4 is 28.1 Å². The number of nitrogens with zero attached hydrogens (tertiary/aromatic N) is 2. The van der Waals surface area contributed by atoms with Crippen molar-refractivity contribution in [3.05, 3.63) is 58.2 Å². The first-order chi connectivity index (χ1) is 13.0. The highest BCUT2D eigenvalue weighted by Gasteiger charge is 2.19. The third-order valence-corrected chi connectivity index (χ3v) is 5.62. The van der Waals surface area contributed by atoms with Gasteiger partial charge in [0.25, 0.3) is 0 Å². The van der Waals surface area contributed by atoms with Gasteiger partial charge < -0.3 is 4.90 Å². The number of halogens is 1. The Morgan fingerprint density at radius 2 is 1.52 bits per heavy atom. The second kappa shape index (κ2) is 8.31. The van der Waals surface area contributed by atoms with Crippen molar-refractivity contribution in [3.8, 4) is 11.3 Å². The van der Waals surface area contributed by atoms with E-state index < -0.39 is 0 Å². The second-order valence-corrected chi connectivity index (χ2v) is 7.70. The summed E-state index contributed by atoms with van der Waals surface area (Å²) in [6, 6.07) is 12.7. The van der Waals surface area contributed by atoms with E-state index in [-0.39, 0.29) is 0 Å². The molecule has 0 atom stereocenters. The van der Waals surface area contributed by atoms with Crippen LogP contribution in [0.5, 0.6) is 0 Å². The number of fused-ring (bicyclic) bond motifs is 1. The van der Waals surface area contributed by atoms with Gasteiger partial charge in [-0.25, -0.2) is 0 Å². The number of benzene rings is 2. The van der Waals surface area contributed by atoms with Gasteiger partial charge in [0, 0.05) is 34.4 Å². The maximum atomic E-state index is 6.45. The van der Waals surface area contributed by atoms with Gasteiger partial charge in [-0.05, 0) is 50.8 Å². The minimum absolute atomic E-state index is 0.793. The molecule has 3 rings (SSSR count). The quantitative estimate of drug-likeness (QED) is 0.453. The predicted octanol–water partition coefficient (Wildman–Crippen LogP) is 7.11. The third-order valence-electron chi connectivity index (χ3n) is 5.21. The van der Waals surface area contributed by atoms with Gasteiger partial charge in [0.15, 0.2) is 0 Å². The number of hydrogen-bond acceptors (Lipinski definition) is 2.